The number of carbonyl (C=O) groups excluding carboxylic acids is 1. The van der Waals surface area contributed by atoms with Crippen LogP contribution in [0.1, 0.15) is 43.2 Å². The Morgan fingerprint density at radius 2 is 1.35 bits per heavy atom. The van der Waals surface area contributed by atoms with Gasteiger partial charge < -0.3 is 10.0 Å². The Bertz CT molecular complexity index is 1470. The van der Waals surface area contributed by atoms with Crippen molar-refractivity contribution in [1.29, 1.82) is 0 Å². The van der Waals surface area contributed by atoms with Gasteiger partial charge in [0.05, 0.1) is 4.90 Å². The summed E-state index contributed by atoms with van der Waals surface area (Å²) in [5.41, 5.74) is -10.5. The number of rotatable bonds is 6. The van der Waals surface area contributed by atoms with Crippen LogP contribution in [0.5, 0.6) is 0 Å². The first-order valence-corrected chi connectivity index (χ1v) is 14.3. The first kappa shape index (κ1) is 32.6. The Morgan fingerprint density at radius 3 is 1.81 bits per heavy atom. The molecule has 1 aliphatic carbocycles. The Balaban J connectivity index is 1.74. The van der Waals surface area contributed by atoms with E-state index >= 15 is 0 Å². The molecule has 2 aromatic rings. The van der Waals surface area contributed by atoms with Crippen molar-refractivity contribution in [3.63, 3.8) is 0 Å². The number of alkyl halides is 8. The van der Waals surface area contributed by atoms with Crippen LogP contribution in [0.2, 0.25) is 0 Å². The predicted molar refractivity (Wildman–Crippen MR) is 131 cm³/mol. The fraction of sp³-hybridized carbons (Fsp3) is 0.481. The van der Waals surface area contributed by atoms with E-state index in [1.807, 2.05) is 0 Å². The van der Waals surface area contributed by atoms with Gasteiger partial charge in [0.1, 0.15) is 10.6 Å². The molecule has 0 spiro atoms. The predicted octanol–water partition coefficient (Wildman–Crippen LogP) is 6.00. The molecular formula is C27H24F9NO5S. The lowest BCUT2D eigenvalue weighted by Crippen LogP contribution is -2.50. The molecule has 2 aliphatic rings. The average molecular weight is 646 g/mol. The van der Waals surface area contributed by atoms with Crippen molar-refractivity contribution >= 4 is 21.7 Å². The summed E-state index contributed by atoms with van der Waals surface area (Å²) < 4.78 is 148. The van der Waals surface area contributed by atoms with Crippen LogP contribution in [0.3, 0.4) is 0 Å². The number of amides is 1. The molecule has 236 valence electrons. The van der Waals surface area contributed by atoms with E-state index in [0.29, 0.717) is 12.1 Å². The highest BCUT2D eigenvalue weighted by Crippen LogP contribution is 2.54. The van der Waals surface area contributed by atoms with Crippen LogP contribution in [-0.4, -0.2) is 61.4 Å². The van der Waals surface area contributed by atoms with Gasteiger partial charge in [0.25, 0.3) is 0 Å². The summed E-state index contributed by atoms with van der Waals surface area (Å²) >= 11 is 0. The van der Waals surface area contributed by atoms with Crippen molar-refractivity contribution in [1.82, 2.24) is 4.90 Å². The molecule has 0 unspecified atom stereocenters. The molecule has 2 aromatic carbocycles. The second-order valence-electron chi connectivity index (χ2n) is 10.7. The van der Waals surface area contributed by atoms with E-state index < -0.39 is 98.2 Å². The average Bonchev–Trinajstić information content (AvgIpc) is 3.39. The van der Waals surface area contributed by atoms with Gasteiger partial charge in [0.15, 0.2) is 9.84 Å². The fourth-order valence-corrected chi connectivity index (χ4v) is 7.78. The maximum Gasteiger partial charge on any atom is 0.435 e. The van der Waals surface area contributed by atoms with E-state index in [1.54, 1.807) is 0 Å². The zero-order valence-corrected chi connectivity index (χ0v) is 22.8. The lowest BCUT2D eigenvalue weighted by Gasteiger charge is -2.34. The van der Waals surface area contributed by atoms with Crippen molar-refractivity contribution in [2.45, 2.75) is 65.4 Å². The van der Waals surface area contributed by atoms with E-state index in [0.717, 1.165) is 29.2 Å². The van der Waals surface area contributed by atoms with Crippen LogP contribution in [0.25, 0.3) is 0 Å². The third-order valence-electron chi connectivity index (χ3n) is 8.28. The van der Waals surface area contributed by atoms with E-state index in [-0.39, 0.29) is 37.1 Å². The second-order valence-corrected chi connectivity index (χ2v) is 13.0. The first-order chi connectivity index (χ1) is 19.7. The van der Waals surface area contributed by atoms with E-state index in [4.69, 9.17) is 5.11 Å². The summed E-state index contributed by atoms with van der Waals surface area (Å²) in [6.07, 6.45) is -14.5. The molecule has 1 atom stereocenters. The van der Waals surface area contributed by atoms with Crippen molar-refractivity contribution in [3.8, 4) is 0 Å². The van der Waals surface area contributed by atoms with Crippen molar-refractivity contribution in [2.75, 3.05) is 13.1 Å². The summed E-state index contributed by atoms with van der Waals surface area (Å²) in [4.78, 5) is 25.2. The molecule has 0 aromatic heterocycles. The van der Waals surface area contributed by atoms with Gasteiger partial charge in [0.2, 0.25) is 11.6 Å². The van der Waals surface area contributed by atoms with Crippen LogP contribution in [-0.2, 0) is 29.8 Å². The highest BCUT2D eigenvalue weighted by molar-refractivity contribution is 7.92. The Labute approximate surface area is 239 Å². The monoisotopic (exact) mass is 645 g/mol. The first-order valence-electron chi connectivity index (χ1n) is 12.8. The standard InChI is InChI=1S/C27H24F9NO5S/c28-19-5-7-20(8-6-19)43(41,42)24(17-1-3-18(4-2-17)25(30,26(31,32)33)27(34,35)36)13-14-37(15-24)21(38)16-9-11-23(29,12-10-16)22(39)40/h1-8,16H,9-15H2,(H,39,40)/t16-,23-,24-/m0/s1. The highest BCUT2D eigenvalue weighted by atomic mass is 32.2. The van der Waals surface area contributed by atoms with Crippen molar-refractivity contribution in [2.24, 2.45) is 5.92 Å². The number of carboxylic acids is 1. The zero-order valence-electron chi connectivity index (χ0n) is 22.0. The van der Waals surface area contributed by atoms with E-state index in [1.165, 1.54) is 0 Å². The summed E-state index contributed by atoms with van der Waals surface area (Å²) in [5, 5.41) is 9.09. The molecule has 6 nitrogen and oxygen atoms in total. The molecular weight excluding hydrogens is 621 g/mol. The van der Waals surface area contributed by atoms with Crippen LogP contribution in [0.4, 0.5) is 39.5 Å². The smallest absolute Gasteiger partial charge is 0.435 e. The molecule has 43 heavy (non-hydrogen) atoms. The van der Waals surface area contributed by atoms with Gasteiger partial charge in [-0.1, -0.05) is 24.3 Å². The van der Waals surface area contributed by atoms with Gasteiger partial charge in [-0.05, 0) is 61.9 Å². The molecule has 0 bridgehead atoms. The summed E-state index contributed by atoms with van der Waals surface area (Å²) in [6, 6.07) is 5.02. The van der Waals surface area contributed by atoms with Gasteiger partial charge in [-0.2, -0.15) is 26.3 Å². The quantitative estimate of drug-likeness (QED) is 0.308. The van der Waals surface area contributed by atoms with Gasteiger partial charge in [-0.15, -0.1) is 0 Å². The zero-order chi connectivity index (χ0) is 32.2. The summed E-state index contributed by atoms with van der Waals surface area (Å²) in [7, 11) is -4.64. The molecule has 1 aliphatic heterocycles. The molecule has 1 N–H and O–H groups in total. The van der Waals surface area contributed by atoms with Gasteiger partial charge in [-0.3, -0.25) is 4.79 Å². The van der Waals surface area contributed by atoms with Gasteiger partial charge in [0, 0.05) is 24.6 Å². The molecule has 1 saturated heterocycles. The Kier molecular flexibility index (Phi) is 8.11. The molecule has 1 amide bonds. The molecule has 16 heteroatoms. The van der Waals surface area contributed by atoms with Crippen LogP contribution >= 0.6 is 0 Å². The number of sulfone groups is 1. The molecule has 0 radical (unpaired) electrons. The minimum Gasteiger partial charge on any atom is -0.479 e. The maximum atomic E-state index is 14.6. The fourth-order valence-electron chi connectivity index (χ4n) is 5.71. The maximum absolute atomic E-state index is 14.6. The van der Waals surface area contributed by atoms with Crippen molar-refractivity contribution in [3.05, 3.63) is 65.5 Å². The number of hydrogen-bond donors (Lipinski definition) is 1. The lowest BCUT2D eigenvalue weighted by atomic mass is 9.79. The van der Waals surface area contributed by atoms with Crippen LogP contribution < -0.4 is 0 Å². The van der Waals surface area contributed by atoms with Crippen molar-refractivity contribution < 1.29 is 62.6 Å². The van der Waals surface area contributed by atoms with Gasteiger partial charge >= 0.3 is 24.0 Å². The minimum atomic E-state index is -6.40. The number of carboxylic acid groups (broad SMARTS) is 1. The topological polar surface area (TPSA) is 91.8 Å². The Hall–Kier alpha value is -3.30. The lowest BCUT2D eigenvalue weighted by molar-refractivity contribution is -0.348. The summed E-state index contributed by atoms with van der Waals surface area (Å²) in [5.74, 6) is -4.00. The number of aliphatic carboxylic acids is 1. The number of nitrogens with zero attached hydrogens (tertiary/aromatic N) is 1. The summed E-state index contributed by atoms with van der Waals surface area (Å²) in [6.45, 7) is -0.893. The molecule has 1 saturated carbocycles. The van der Waals surface area contributed by atoms with E-state index in [2.05, 4.69) is 0 Å². The highest BCUT2D eigenvalue weighted by Gasteiger charge is 2.73. The largest absolute Gasteiger partial charge is 0.479 e. The number of likely N-dealkylation sites (tertiary alicyclic amines) is 1. The second kappa shape index (κ2) is 10.7. The molecule has 4 rings (SSSR count). The molecule has 1 heterocycles. The number of halogens is 9. The third kappa shape index (κ3) is 5.35. The number of hydrogen-bond acceptors (Lipinski definition) is 4. The molecule has 2 fully saturated rings. The van der Waals surface area contributed by atoms with Crippen LogP contribution in [0, 0.1) is 11.7 Å². The third-order valence-corrected chi connectivity index (χ3v) is 10.8. The van der Waals surface area contributed by atoms with Crippen LogP contribution in [0.15, 0.2) is 53.4 Å². The number of benzene rings is 2. The normalized spacial score (nSPS) is 25.5. The Morgan fingerprint density at radius 1 is 0.837 bits per heavy atom. The van der Waals surface area contributed by atoms with E-state index in [9.17, 15) is 57.5 Å². The number of carbonyl (C=O) groups is 2. The minimum absolute atomic E-state index is 0.169. The SMILES string of the molecule is O=C([C@H]1CC[C@@](F)(C(=O)O)CC1)N1CC[C@](c2ccc(C(F)(C(F)(F)F)C(F)(F)F)cc2)(S(=O)(=O)c2ccc(F)cc2)C1. The van der Waals surface area contributed by atoms with Gasteiger partial charge in [-0.25, -0.2) is 26.4 Å².